The molecule has 0 radical (unpaired) electrons. The van der Waals surface area contributed by atoms with E-state index in [-0.39, 0.29) is 17.8 Å². The Morgan fingerprint density at radius 3 is 2.61 bits per heavy atom. The molecule has 1 amide bonds. The number of esters is 1. The maximum Gasteiger partial charge on any atom is 0.339 e. The second-order valence-corrected chi connectivity index (χ2v) is 7.39. The standard InChI is InChI=1S/C20H27N3O5/c1-5-8-21-19(24)15(4)28-20(25)16-6-7-17(18(10-16)23(26)27)22-11-13(2)9-14(3)12-22/h5-7,10,13-15H,1,8-9,11-12H2,2-4H3,(H,21,24). The van der Waals surface area contributed by atoms with E-state index in [0.717, 1.165) is 19.5 Å². The molecule has 0 saturated carbocycles. The first-order chi connectivity index (χ1) is 13.2. The normalized spacial score (nSPS) is 20.2. The number of nitrogens with one attached hydrogen (secondary N) is 1. The van der Waals surface area contributed by atoms with Gasteiger partial charge in [0.2, 0.25) is 0 Å². The topological polar surface area (TPSA) is 102 Å². The van der Waals surface area contributed by atoms with E-state index >= 15 is 0 Å². The number of rotatable bonds is 7. The molecule has 1 heterocycles. The van der Waals surface area contributed by atoms with E-state index in [4.69, 9.17) is 4.74 Å². The van der Waals surface area contributed by atoms with Gasteiger partial charge in [-0.1, -0.05) is 19.9 Å². The summed E-state index contributed by atoms with van der Waals surface area (Å²) in [5, 5.41) is 14.1. The summed E-state index contributed by atoms with van der Waals surface area (Å²) in [4.78, 5) is 37.3. The second-order valence-electron chi connectivity index (χ2n) is 7.39. The van der Waals surface area contributed by atoms with Gasteiger partial charge < -0.3 is 15.0 Å². The van der Waals surface area contributed by atoms with Crippen molar-refractivity contribution in [3.8, 4) is 0 Å². The second kappa shape index (κ2) is 9.34. The predicted molar refractivity (Wildman–Crippen MR) is 106 cm³/mol. The number of anilines is 1. The van der Waals surface area contributed by atoms with Gasteiger partial charge in [-0.05, 0) is 37.3 Å². The molecule has 152 valence electrons. The molecule has 0 aromatic heterocycles. The van der Waals surface area contributed by atoms with E-state index in [9.17, 15) is 19.7 Å². The lowest BCUT2D eigenvalue weighted by molar-refractivity contribution is -0.384. The van der Waals surface area contributed by atoms with Gasteiger partial charge in [0.15, 0.2) is 6.10 Å². The number of piperidine rings is 1. The third-order valence-corrected chi connectivity index (χ3v) is 4.69. The number of carbonyl (C=O) groups is 2. The molecule has 3 atom stereocenters. The number of hydrogen-bond acceptors (Lipinski definition) is 6. The number of ether oxygens (including phenoxy) is 1. The van der Waals surface area contributed by atoms with Crippen LogP contribution in [0.15, 0.2) is 30.9 Å². The fourth-order valence-corrected chi connectivity index (χ4v) is 3.52. The number of hydrogen-bond donors (Lipinski definition) is 1. The quantitative estimate of drug-likeness (QED) is 0.333. The highest BCUT2D eigenvalue weighted by molar-refractivity contribution is 5.93. The summed E-state index contributed by atoms with van der Waals surface area (Å²) in [5.41, 5.74) is 0.396. The van der Waals surface area contributed by atoms with Crippen LogP contribution in [-0.2, 0) is 9.53 Å². The lowest BCUT2D eigenvalue weighted by Crippen LogP contribution is -2.39. The Labute approximate surface area is 164 Å². The van der Waals surface area contributed by atoms with E-state index in [1.165, 1.54) is 25.1 Å². The molecule has 1 N–H and O–H groups in total. The van der Waals surface area contributed by atoms with Crippen LogP contribution in [0.4, 0.5) is 11.4 Å². The zero-order valence-electron chi connectivity index (χ0n) is 16.5. The number of nitro benzene ring substituents is 1. The summed E-state index contributed by atoms with van der Waals surface area (Å²) < 4.78 is 5.13. The first kappa shape index (κ1) is 21.4. The van der Waals surface area contributed by atoms with E-state index in [2.05, 4.69) is 25.7 Å². The van der Waals surface area contributed by atoms with Crippen LogP contribution in [-0.4, -0.2) is 42.5 Å². The van der Waals surface area contributed by atoms with Crippen molar-refractivity contribution in [2.45, 2.75) is 33.3 Å². The summed E-state index contributed by atoms with van der Waals surface area (Å²) in [7, 11) is 0. The summed E-state index contributed by atoms with van der Waals surface area (Å²) >= 11 is 0. The smallest absolute Gasteiger partial charge is 0.339 e. The fraction of sp³-hybridized carbons (Fsp3) is 0.500. The largest absolute Gasteiger partial charge is 0.449 e. The SMILES string of the molecule is C=CCNC(=O)C(C)OC(=O)c1ccc(N2CC(C)CC(C)C2)c([N+](=O)[O-])c1. The Hall–Kier alpha value is -2.90. The summed E-state index contributed by atoms with van der Waals surface area (Å²) in [6.45, 7) is 10.9. The fourth-order valence-electron chi connectivity index (χ4n) is 3.52. The third-order valence-electron chi connectivity index (χ3n) is 4.69. The molecule has 1 aliphatic rings. The van der Waals surface area contributed by atoms with E-state index < -0.39 is 22.9 Å². The highest BCUT2D eigenvalue weighted by Gasteiger charge is 2.28. The number of carbonyl (C=O) groups excluding carboxylic acids is 2. The monoisotopic (exact) mass is 389 g/mol. The first-order valence-electron chi connectivity index (χ1n) is 9.35. The lowest BCUT2D eigenvalue weighted by Gasteiger charge is -2.36. The third kappa shape index (κ3) is 5.31. The molecule has 0 bridgehead atoms. The molecule has 1 aliphatic heterocycles. The van der Waals surface area contributed by atoms with Gasteiger partial charge >= 0.3 is 5.97 Å². The highest BCUT2D eigenvalue weighted by Crippen LogP contribution is 2.34. The molecule has 1 aromatic carbocycles. The molecule has 0 aliphatic carbocycles. The van der Waals surface area contributed by atoms with Gasteiger partial charge in [-0.25, -0.2) is 4.79 Å². The van der Waals surface area contributed by atoms with Crippen LogP contribution in [0.25, 0.3) is 0 Å². The molecule has 8 heteroatoms. The van der Waals surface area contributed by atoms with Gasteiger partial charge in [-0.2, -0.15) is 0 Å². The Kier molecular flexibility index (Phi) is 7.14. The Morgan fingerprint density at radius 2 is 2.04 bits per heavy atom. The maximum absolute atomic E-state index is 12.3. The Morgan fingerprint density at radius 1 is 1.39 bits per heavy atom. The molecule has 1 aromatic rings. The minimum Gasteiger partial charge on any atom is -0.449 e. The molecular weight excluding hydrogens is 362 g/mol. The molecule has 8 nitrogen and oxygen atoms in total. The van der Waals surface area contributed by atoms with Crippen LogP contribution in [0.3, 0.4) is 0 Å². The summed E-state index contributed by atoms with van der Waals surface area (Å²) in [6.07, 6.45) is 1.58. The van der Waals surface area contributed by atoms with Crippen LogP contribution in [0.2, 0.25) is 0 Å². The number of benzene rings is 1. The molecular formula is C20H27N3O5. The summed E-state index contributed by atoms with van der Waals surface area (Å²) in [5.74, 6) is -0.377. The molecule has 3 unspecified atom stereocenters. The molecule has 1 fully saturated rings. The molecule has 28 heavy (non-hydrogen) atoms. The zero-order chi connectivity index (χ0) is 20.8. The van der Waals surface area contributed by atoms with Crippen molar-refractivity contribution < 1.29 is 19.2 Å². The minimum absolute atomic E-state index is 0.0388. The van der Waals surface area contributed by atoms with Crippen LogP contribution < -0.4 is 10.2 Å². The zero-order valence-corrected chi connectivity index (χ0v) is 16.5. The van der Waals surface area contributed by atoms with Crippen molar-refractivity contribution in [1.29, 1.82) is 0 Å². The van der Waals surface area contributed by atoms with Crippen LogP contribution in [0.5, 0.6) is 0 Å². The lowest BCUT2D eigenvalue weighted by atomic mass is 9.91. The van der Waals surface area contributed by atoms with Gasteiger partial charge in [-0.15, -0.1) is 6.58 Å². The van der Waals surface area contributed by atoms with Crippen LogP contribution in [0, 0.1) is 22.0 Å². The average molecular weight is 389 g/mol. The van der Waals surface area contributed by atoms with Crippen molar-refractivity contribution in [3.05, 3.63) is 46.5 Å². The number of nitro groups is 1. The molecule has 2 rings (SSSR count). The highest BCUT2D eigenvalue weighted by atomic mass is 16.6. The van der Waals surface area contributed by atoms with Crippen molar-refractivity contribution in [2.24, 2.45) is 11.8 Å². The van der Waals surface area contributed by atoms with E-state index in [0.29, 0.717) is 17.5 Å². The van der Waals surface area contributed by atoms with Crippen molar-refractivity contribution in [2.75, 3.05) is 24.5 Å². The molecule has 1 saturated heterocycles. The van der Waals surface area contributed by atoms with Crippen LogP contribution in [0.1, 0.15) is 37.6 Å². The average Bonchev–Trinajstić information content (AvgIpc) is 2.64. The predicted octanol–water partition coefficient (Wildman–Crippen LogP) is 2.92. The van der Waals surface area contributed by atoms with Gasteiger partial charge in [0.05, 0.1) is 10.5 Å². The minimum atomic E-state index is -1.02. The van der Waals surface area contributed by atoms with Crippen molar-refractivity contribution in [1.82, 2.24) is 5.32 Å². The molecule has 0 spiro atoms. The van der Waals surface area contributed by atoms with Gasteiger partial charge in [0.1, 0.15) is 5.69 Å². The Bertz CT molecular complexity index is 754. The number of amides is 1. The Balaban J connectivity index is 2.19. The van der Waals surface area contributed by atoms with Gasteiger partial charge in [-0.3, -0.25) is 14.9 Å². The van der Waals surface area contributed by atoms with Gasteiger partial charge in [0.25, 0.3) is 11.6 Å². The van der Waals surface area contributed by atoms with E-state index in [1.807, 2.05) is 4.90 Å². The first-order valence-corrected chi connectivity index (χ1v) is 9.35. The summed E-state index contributed by atoms with van der Waals surface area (Å²) in [6, 6.07) is 4.31. The van der Waals surface area contributed by atoms with E-state index in [1.54, 1.807) is 6.07 Å². The van der Waals surface area contributed by atoms with Crippen molar-refractivity contribution in [3.63, 3.8) is 0 Å². The number of nitrogens with zero attached hydrogens (tertiary/aromatic N) is 2. The van der Waals surface area contributed by atoms with Crippen LogP contribution >= 0.6 is 0 Å². The van der Waals surface area contributed by atoms with Crippen molar-refractivity contribution >= 4 is 23.3 Å². The maximum atomic E-state index is 12.3. The van der Waals surface area contributed by atoms with Gasteiger partial charge in [0, 0.05) is 25.7 Å².